The number of nitrogens with zero attached hydrogens (tertiary/aromatic N) is 3. The fourth-order valence-corrected chi connectivity index (χ4v) is 2.48. The van der Waals surface area contributed by atoms with E-state index in [-0.39, 0.29) is 12.1 Å². The largest absolute Gasteiger partial charge is 0.383 e. The van der Waals surface area contributed by atoms with E-state index >= 15 is 0 Å². The van der Waals surface area contributed by atoms with Gasteiger partial charge in [-0.25, -0.2) is 4.98 Å². The van der Waals surface area contributed by atoms with Crippen molar-refractivity contribution in [3.63, 3.8) is 0 Å². The zero-order valence-electron chi connectivity index (χ0n) is 12.7. The summed E-state index contributed by atoms with van der Waals surface area (Å²) in [6, 6.07) is 0.305. The van der Waals surface area contributed by atoms with Gasteiger partial charge in [-0.05, 0) is 27.7 Å². The molecular formula is C14H22N4O2. The Kier molecular flexibility index (Phi) is 4.44. The molecule has 0 aliphatic heterocycles. The first-order valence-corrected chi connectivity index (χ1v) is 6.75. The number of imidazole rings is 1. The van der Waals surface area contributed by atoms with Gasteiger partial charge in [0.25, 0.3) is 0 Å². The first-order valence-electron chi connectivity index (χ1n) is 6.75. The monoisotopic (exact) mass is 278 g/mol. The lowest BCUT2D eigenvalue weighted by molar-refractivity contribution is 0.163. The van der Waals surface area contributed by atoms with Crippen LogP contribution in [0.15, 0.2) is 16.9 Å². The maximum absolute atomic E-state index is 5.21. The summed E-state index contributed by atoms with van der Waals surface area (Å²) in [5, 5.41) is 7.40. The quantitative estimate of drug-likeness (QED) is 0.880. The number of aromatic nitrogens is 3. The molecule has 110 valence electrons. The molecule has 6 nitrogen and oxygen atoms in total. The molecule has 2 unspecified atom stereocenters. The van der Waals surface area contributed by atoms with Crippen LogP contribution in [0.5, 0.6) is 0 Å². The molecule has 2 aromatic rings. The average molecular weight is 278 g/mol. The topological polar surface area (TPSA) is 65.1 Å². The molecule has 2 aromatic heterocycles. The predicted octanol–water partition coefficient (Wildman–Crippen LogP) is 2.87. The molecule has 0 saturated heterocycles. The van der Waals surface area contributed by atoms with Crippen molar-refractivity contribution >= 4 is 5.95 Å². The maximum Gasteiger partial charge on any atom is 0.203 e. The van der Waals surface area contributed by atoms with Gasteiger partial charge in [0.2, 0.25) is 5.95 Å². The van der Waals surface area contributed by atoms with Crippen LogP contribution in [0.4, 0.5) is 5.95 Å². The minimum atomic E-state index is 0.0807. The summed E-state index contributed by atoms with van der Waals surface area (Å²) in [6.45, 7) is 8.69. The number of anilines is 1. The summed E-state index contributed by atoms with van der Waals surface area (Å²) in [5.74, 6) is 1.66. The van der Waals surface area contributed by atoms with E-state index in [1.54, 1.807) is 13.3 Å². The third-order valence-corrected chi connectivity index (χ3v) is 3.42. The zero-order valence-corrected chi connectivity index (χ0v) is 12.7. The van der Waals surface area contributed by atoms with E-state index in [1.165, 1.54) is 0 Å². The smallest absolute Gasteiger partial charge is 0.203 e. The molecule has 0 bridgehead atoms. The van der Waals surface area contributed by atoms with Crippen LogP contribution in [-0.2, 0) is 4.74 Å². The Bertz CT molecular complexity index is 542. The number of ether oxygens (including phenoxy) is 1. The van der Waals surface area contributed by atoms with Crippen molar-refractivity contribution in [3.05, 3.63) is 29.4 Å². The Morgan fingerprint density at radius 1 is 1.40 bits per heavy atom. The van der Waals surface area contributed by atoms with Gasteiger partial charge in [0.15, 0.2) is 0 Å². The molecular weight excluding hydrogens is 256 g/mol. The van der Waals surface area contributed by atoms with Crippen LogP contribution in [0.3, 0.4) is 0 Å². The molecule has 0 aliphatic carbocycles. The van der Waals surface area contributed by atoms with E-state index in [4.69, 9.17) is 9.26 Å². The normalized spacial score (nSPS) is 14.2. The molecule has 0 aromatic carbocycles. The molecule has 0 spiro atoms. The second-order valence-electron chi connectivity index (χ2n) is 5.07. The minimum absolute atomic E-state index is 0.0807. The summed E-state index contributed by atoms with van der Waals surface area (Å²) in [4.78, 5) is 4.37. The lowest BCUT2D eigenvalue weighted by Gasteiger charge is -2.19. The van der Waals surface area contributed by atoms with Crippen LogP contribution < -0.4 is 5.32 Å². The molecule has 0 aliphatic rings. The van der Waals surface area contributed by atoms with Gasteiger partial charge < -0.3 is 19.1 Å². The summed E-state index contributed by atoms with van der Waals surface area (Å²) in [5.41, 5.74) is 1.99. The standard InChI is InChI=1S/C14H22N4O2/c1-9(8-19-5)18-7-6-15-14(18)16-10(2)13-11(3)17-20-12(13)4/h6-7,9-10H,8H2,1-5H3,(H,15,16). The fourth-order valence-electron chi connectivity index (χ4n) is 2.48. The van der Waals surface area contributed by atoms with E-state index in [2.05, 4.69) is 33.9 Å². The van der Waals surface area contributed by atoms with Crippen LogP contribution in [0.25, 0.3) is 0 Å². The maximum atomic E-state index is 5.21. The van der Waals surface area contributed by atoms with E-state index < -0.39 is 0 Å². The number of hydrogen-bond acceptors (Lipinski definition) is 5. The second-order valence-corrected chi connectivity index (χ2v) is 5.07. The zero-order chi connectivity index (χ0) is 14.7. The number of methoxy groups -OCH3 is 1. The summed E-state index contributed by atoms with van der Waals surface area (Å²) >= 11 is 0. The number of nitrogens with one attached hydrogen (secondary N) is 1. The van der Waals surface area contributed by atoms with E-state index in [1.807, 2.05) is 20.0 Å². The molecule has 20 heavy (non-hydrogen) atoms. The average Bonchev–Trinajstić information content (AvgIpc) is 2.97. The van der Waals surface area contributed by atoms with Crippen LogP contribution in [0.2, 0.25) is 0 Å². The van der Waals surface area contributed by atoms with Crippen molar-refractivity contribution in [1.29, 1.82) is 0 Å². The van der Waals surface area contributed by atoms with Crippen molar-refractivity contribution in [2.24, 2.45) is 0 Å². The highest BCUT2D eigenvalue weighted by Gasteiger charge is 2.18. The molecule has 0 amide bonds. The van der Waals surface area contributed by atoms with Crippen molar-refractivity contribution in [3.8, 4) is 0 Å². The third-order valence-electron chi connectivity index (χ3n) is 3.42. The lowest BCUT2D eigenvalue weighted by atomic mass is 10.1. The summed E-state index contributed by atoms with van der Waals surface area (Å²) in [6.07, 6.45) is 3.74. The van der Waals surface area contributed by atoms with Crippen LogP contribution >= 0.6 is 0 Å². The van der Waals surface area contributed by atoms with Gasteiger partial charge in [-0.2, -0.15) is 0 Å². The van der Waals surface area contributed by atoms with E-state index in [0.717, 1.165) is 23.0 Å². The third kappa shape index (κ3) is 2.85. The highest BCUT2D eigenvalue weighted by molar-refractivity contribution is 5.35. The molecule has 0 saturated carbocycles. The van der Waals surface area contributed by atoms with Gasteiger partial charge in [-0.3, -0.25) is 0 Å². The summed E-state index contributed by atoms with van der Waals surface area (Å²) < 4.78 is 12.5. The van der Waals surface area contributed by atoms with Crippen molar-refractivity contribution in [2.75, 3.05) is 19.0 Å². The van der Waals surface area contributed by atoms with Crippen molar-refractivity contribution < 1.29 is 9.26 Å². The van der Waals surface area contributed by atoms with E-state index in [9.17, 15) is 0 Å². The molecule has 0 fully saturated rings. The van der Waals surface area contributed by atoms with Crippen molar-refractivity contribution in [1.82, 2.24) is 14.7 Å². The Morgan fingerprint density at radius 2 is 2.15 bits per heavy atom. The minimum Gasteiger partial charge on any atom is -0.383 e. The number of aryl methyl sites for hydroxylation is 2. The van der Waals surface area contributed by atoms with E-state index in [0.29, 0.717) is 6.61 Å². The Labute approximate surface area is 119 Å². The van der Waals surface area contributed by atoms with Gasteiger partial charge in [-0.1, -0.05) is 5.16 Å². The summed E-state index contributed by atoms with van der Waals surface area (Å²) in [7, 11) is 1.70. The molecule has 2 atom stereocenters. The first kappa shape index (κ1) is 14.6. The van der Waals surface area contributed by atoms with Crippen LogP contribution in [0.1, 0.15) is 42.9 Å². The molecule has 2 heterocycles. The molecule has 1 N–H and O–H groups in total. The second kappa shape index (κ2) is 6.09. The Hall–Kier alpha value is -1.82. The molecule has 2 rings (SSSR count). The van der Waals surface area contributed by atoms with Crippen molar-refractivity contribution in [2.45, 2.75) is 39.8 Å². The Balaban J connectivity index is 2.16. The fraction of sp³-hybridized carbons (Fsp3) is 0.571. The van der Waals surface area contributed by atoms with Crippen LogP contribution in [0, 0.1) is 13.8 Å². The molecule has 0 radical (unpaired) electrons. The van der Waals surface area contributed by atoms with Gasteiger partial charge in [0.05, 0.1) is 24.4 Å². The SMILES string of the molecule is COCC(C)n1ccnc1NC(C)c1c(C)noc1C. The highest BCUT2D eigenvalue weighted by atomic mass is 16.5. The van der Waals surface area contributed by atoms with Gasteiger partial charge >= 0.3 is 0 Å². The van der Waals surface area contributed by atoms with Gasteiger partial charge in [0, 0.05) is 25.1 Å². The lowest BCUT2D eigenvalue weighted by Crippen LogP contribution is -2.17. The number of hydrogen-bond donors (Lipinski definition) is 1. The Morgan fingerprint density at radius 3 is 2.75 bits per heavy atom. The first-order chi connectivity index (χ1) is 9.54. The predicted molar refractivity (Wildman–Crippen MR) is 76.8 cm³/mol. The van der Waals surface area contributed by atoms with Gasteiger partial charge in [-0.15, -0.1) is 0 Å². The van der Waals surface area contributed by atoms with Crippen LogP contribution in [-0.4, -0.2) is 28.4 Å². The highest BCUT2D eigenvalue weighted by Crippen LogP contribution is 2.25. The molecule has 6 heteroatoms. The van der Waals surface area contributed by atoms with Gasteiger partial charge in [0.1, 0.15) is 5.76 Å². The number of rotatable bonds is 6.